The minimum atomic E-state index is -0.768. The molecule has 0 heterocycles. The molecule has 0 aliphatic carbocycles. The van der Waals surface area contributed by atoms with Gasteiger partial charge in [-0.25, -0.2) is 4.48 Å². The molecule has 0 aromatic rings. The number of quaternary nitrogens is 1. The highest BCUT2D eigenvalue weighted by Gasteiger charge is 2.41. The summed E-state index contributed by atoms with van der Waals surface area (Å²) >= 11 is 0. The summed E-state index contributed by atoms with van der Waals surface area (Å²) < 4.78 is -0.0426. The molecule has 3 atom stereocenters. The van der Waals surface area contributed by atoms with Crippen molar-refractivity contribution in [1.82, 2.24) is 0 Å². The molecule has 0 aliphatic heterocycles. The maximum atomic E-state index is 10.1. The van der Waals surface area contributed by atoms with Crippen LogP contribution in [0, 0.1) is 0 Å². The fraction of sp³-hybridized carbons (Fsp3) is 1.00. The molecule has 0 spiro atoms. The van der Waals surface area contributed by atoms with E-state index in [2.05, 4.69) is 6.92 Å². The van der Waals surface area contributed by atoms with E-state index in [-0.39, 0.29) is 21.5 Å². The minimum Gasteiger partial charge on any atom is -1.00 e. The number of halogens is 1. The van der Waals surface area contributed by atoms with E-state index < -0.39 is 18.7 Å². The first kappa shape index (κ1) is 35.5. The SMILES string of the molecule is CCCCCCCCCCCCCCCCCCCCCC[N+](C(C)O)(C(C)O)C(C)O.[Br-]. The molecule has 3 N–H and O–H groups in total. The van der Waals surface area contributed by atoms with E-state index >= 15 is 0 Å². The van der Waals surface area contributed by atoms with E-state index in [1.165, 1.54) is 116 Å². The van der Waals surface area contributed by atoms with Gasteiger partial charge in [-0.3, -0.25) is 0 Å². The number of hydrogen-bond donors (Lipinski definition) is 3. The highest BCUT2D eigenvalue weighted by Crippen LogP contribution is 2.23. The lowest BCUT2D eigenvalue weighted by molar-refractivity contribution is -1.04. The highest BCUT2D eigenvalue weighted by molar-refractivity contribution is 4.53. The maximum Gasteiger partial charge on any atom is 0.191 e. The Morgan fingerprint density at radius 1 is 0.424 bits per heavy atom. The third-order valence-electron chi connectivity index (χ3n) is 7.49. The number of aliphatic hydroxyl groups excluding tert-OH is 3. The summed E-state index contributed by atoms with van der Waals surface area (Å²) in [5.74, 6) is 0. The molecule has 0 aromatic heterocycles. The van der Waals surface area contributed by atoms with Crippen LogP contribution >= 0.6 is 0 Å². The molecule has 202 valence electrons. The van der Waals surface area contributed by atoms with E-state index in [1.807, 2.05) is 0 Å². The molecule has 5 heteroatoms. The van der Waals surface area contributed by atoms with Crippen LogP contribution < -0.4 is 17.0 Å². The van der Waals surface area contributed by atoms with Gasteiger partial charge in [0, 0.05) is 20.8 Å². The van der Waals surface area contributed by atoms with Crippen LogP contribution in [-0.4, -0.2) is 45.0 Å². The van der Waals surface area contributed by atoms with Gasteiger partial charge in [-0.1, -0.05) is 122 Å². The lowest BCUT2D eigenvalue weighted by Crippen LogP contribution is -3.00. The van der Waals surface area contributed by atoms with E-state index in [9.17, 15) is 15.3 Å². The number of unbranched alkanes of at least 4 members (excludes halogenated alkanes) is 19. The van der Waals surface area contributed by atoms with Gasteiger partial charge in [0.2, 0.25) is 0 Å². The molecule has 0 saturated carbocycles. The first-order valence-corrected chi connectivity index (χ1v) is 14.3. The monoisotopic (exact) mass is 537 g/mol. The number of hydrogen-bond acceptors (Lipinski definition) is 3. The van der Waals surface area contributed by atoms with Gasteiger partial charge in [0.1, 0.15) is 0 Å². The first-order chi connectivity index (χ1) is 15.4. The largest absolute Gasteiger partial charge is 1.00 e. The Kier molecular flexibility index (Phi) is 25.8. The molecule has 33 heavy (non-hydrogen) atoms. The summed E-state index contributed by atoms with van der Waals surface area (Å²) in [5, 5.41) is 30.3. The molecular formula is C28H60BrNO3. The highest BCUT2D eigenvalue weighted by atomic mass is 79.9. The Morgan fingerprint density at radius 2 is 0.636 bits per heavy atom. The third-order valence-corrected chi connectivity index (χ3v) is 7.49. The fourth-order valence-electron chi connectivity index (χ4n) is 5.14. The molecule has 0 aliphatic rings. The molecule has 0 bridgehead atoms. The van der Waals surface area contributed by atoms with Crippen molar-refractivity contribution < 1.29 is 36.8 Å². The third kappa shape index (κ3) is 17.4. The van der Waals surface area contributed by atoms with Gasteiger partial charge in [0.25, 0.3) is 0 Å². The summed E-state index contributed by atoms with van der Waals surface area (Å²) in [6.07, 6.45) is 24.8. The lowest BCUT2D eigenvalue weighted by Gasteiger charge is -2.45. The fourth-order valence-corrected chi connectivity index (χ4v) is 5.14. The Bertz CT molecular complexity index is 370. The Morgan fingerprint density at radius 3 is 0.848 bits per heavy atom. The molecule has 0 radical (unpaired) electrons. The van der Waals surface area contributed by atoms with Crippen LogP contribution in [0.5, 0.6) is 0 Å². The van der Waals surface area contributed by atoms with Gasteiger partial charge >= 0.3 is 0 Å². The smallest absolute Gasteiger partial charge is 0.191 e. The van der Waals surface area contributed by atoms with Gasteiger partial charge in [0.15, 0.2) is 18.7 Å². The number of aliphatic hydroxyl groups is 3. The van der Waals surface area contributed by atoms with Crippen LogP contribution in [0.25, 0.3) is 0 Å². The molecular weight excluding hydrogens is 478 g/mol. The van der Waals surface area contributed by atoms with Crippen LogP contribution in [0.3, 0.4) is 0 Å². The molecule has 0 saturated heterocycles. The van der Waals surface area contributed by atoms with E-state index in [4.69, 9.17) is 0 Å². The minimum absolute atomic E-state index is 0. The average molecular weight is 539 g/mol. The van der Waals surface area contributed by atoms with E-state index in [0.29, 0.717) is 6.54 Å². The number of nitrogens with zero attached hydrogens (tertiary/aromatic N) is 1. The van der Waals surface area contributed by atoms with Crippen molar-refractivity contribution in [2.24, 2.45) is 0 Å². The maximum absolute atomic E-state index is 10.1. The molecule has 0 aromatic carbocycles. The van der Waals surface area contributed by atoms with Crippen LogP contribution in [-0.2, 0) is 0 Å². The van der Waals surface area contributed by atoms with Gasteiger partial charge in [0.05, 0.1) is 6.54 Å². The Balaban J connectivity index is 0. The van der Waals surface area contributed by atoms with Crippen molar-refractivity contribution in [3.05, 3.63) is 0 Å². The summed E-state index contributed by atoms with van der Waals surface area (Å²) in [5.41, 5.74) is 0. The second-order valence-electron chi connectivity index (χ2n) is 10.3. The lowest BCUT2D eigenvalue weighted by atomic mass is 10.0. The second kappa shape index (κ2) is 24.0. The average Bonchev–Trinajstić information content (AvgIpc) is 2.74. The van der Waals surface area contributed by atoms with E-state index in [1.54, 1.807) is 20.8 Å². The first-order valence-electron chi connectivity index (χ1n) is 14.3. The molecule has 3 unspecified atom stereocenters. The molecule has 4 nitrogen and oxygen atoms in total. The predicted molar refractivity (Wildman–Crippen MR) is 138 cm³/mol. The van der Waals surface area contributed by atoms with Crippen molar-refractivity contribution in [1.29, 1.82) is 0 Å². The van der Waals surface area contributed by atoms with Crippen molar-refractivity contribution in [2.45, 2.75) is 175 Å². The van der Waals surface area contributed by atoms with Crippen molar-refractivity contribution >= 4 is 0 Å². The molecule has 0 fully saturated rings. The van der Waals surface area contributed by atoms with E-state index in [0.717, 1.165) is 12.8 Å². The Hall–Kier alpha value is 0.320. The number of rotatable bonds is 24. The second-order valence-corrected chi connectivity index (χ2v) is 10.3. The van der Waals surface area contributed by atoms with Gasteiger partial charge < -0.3 is 32.3 Å². The van der Waals surface area contributed by atoms with Crippen LogP contribution in [0.2, 0.25) is 0 Å². The normalized spacial score (nSPS) is 16.1. The summed E-state index contributed by atoms with van der Waals surface area (Å²) in [6.45, 7) is 7.89. The zero-order valence-electron chi connectivity index (χ0n) is 22.7. The van der Waals surface area contributed by atoms with Gasteiger partial charge in [-0.05, 0) is 12.8 Å². The zero-order chi connectivity index (χ0) is 24.1. The summed E-state index contributed by atoms with van der Waals surface area (Å²) in [7, 11) is 0. The van der Waals surface area contributed by atoms with Gasteiger partial charge in [-0.2, -0.15) is 0 Å². The quantitative estimate of drug-likeness (QED) is 0.0953. The van der Waals surface area contributed by atoms with Crippen LogP contribution in [0.4, 0.5) is 0 Å². The van der Waals surface area contributed by atoms with Gasteiger partial charge in [-0.15, -0.1) is 0 Å². The summed E-state index contributed by atoms with van der Waals surface area (Å²) in [6, 6.07) is 0. The predicted octanol–water partition coefficient (Wildman–Crippen LogP) is 4.64. The Labute approximate surface area is 217 Å². The standard InChI is InChI=1S/C28H60NO3.BrH/c1-5-6-7-8-9-10-11-12-13-14-15-16-17-18-19-20-21-22-23-24-25-29(26(2)30,27(3)31)28(4)32;/h26-28,30-32H,5-25H2,1-4H3;1H/q+1;/p-1. The van der Waals surface area contributed by atoms with Crippen LogP contribution in [0.1, 0.15) is 156 Å². The van der Waals surface area contributed by atoms with Crippen LogP contribution in [0.15, 0.2) is 0 Å². The molecule has 0 amide bonds. The molecule has 0 rings (SSSR count). The van der Waals surface area contributed by atoms with Crippen molar-refractivity contribution in [3.63, 3.8) is 0 Å². The zero-order valence-corrected chi connectivity index (χ0v) is 24.3. The van der Waals surface area contributed by atoms with Crippen molar-refractivity contribution in [2.75, 3.05) is 6.54 Å². The summed E-state index contributed by atoms with van der Waals surface area (Å²) in [4.78, 5) is 0. The van der Waals surface area contributed by atoms with Crippen molar-refractivity contribution in [3.8, 4) is 0 Å². The topological polar surface area (TPSA) is 60.7 Å².